The van der Waals surface area contributed by atoms with E-state index in [1.165, 1.54) is 128 Å². The number of amides is 4. The molecule has 0 radical (unpaired) electrons. The number of morpholine rings is 2. The number of benzene rings is 6. The summed E-state index contributed by atoms with van der Waals surface area (Å²) in [4.78, 5) is 111. The van der Waals surface area contributed by atoms with Gasteiger partial charge < -0.3 is 49.5 Å². The number of pyridine rings is 4. The van der Waals surface area contributed by atoms with Crippen molar-refractivity contribution in [3.05, 3.63) is 335 Å². The van der Waals surface area contributed by atoms with E-state index < -0.39 is 151 Å². The average Bonchev–Trinajstić information content (AvgIpc) is 1.02. The SMILES string of the molecule is O=C1c2c(O)c(=O)ccn2N(C2Cc3ccc(F)c(F)c3Sc3ccccc32)C2COCCN12.O=C1c2c(O)c(=O)ccn2N(C2c3ccsc3SCc3c2ccc(F)c3F)C2CCCCN12.O=C1c2c(O)c(=O)ccn2N([C@@H]2c3ccsc3SCc3c2ccc(F)c3F)[C@@H]2CCCCN12.O=C1c2c(O)c(=O)ccn2N([C@H]2Cc3ccc(F)c(F)c3Sc3ccccc32)[C@@H]2COCCN12. The standard InChI is InChI=1S/2C24H19F2N3O4S.2C23H19F2N3O3S2/c2*25-15-6-5-13-11-16(14-3-1-2-4-18(14)34-23(13)20(15)26)29-19-12-33-10-9-27(19)24(32)21-22(31)17(30)7-8-28(21)29;2*24-15-5-4-12-14(18(15)25)11-33-23-13(7-10-32-23)19(12)28-17-3-1-2-8-26(17)22(31)20-21(30)16(29)6-9-27(20)28/h2*1-8,16,19,31H,9-12H2;2*4-7,9-10,17,19,30H,1-3,8,11H2/t16-,19+;;17-,19+;/m0.1./s1. The second-order valence-corrected chi connectivity index (χ2v) is 39.9. The Balaban J connectivity index is 0.000000107. The van der Waals surface area contributed by atoms with Gasteiger partial charge in [-0.15, -0.1) is 46.2 Å². The molecule has 18 heterocycles. The molecule has 26 nitrogen and oxygen atoms in total. The van der Waals surface area contributed by atoms with Crippen molar-refractivity contribution in [1.29, 1.82) is 0 Å². The molecule has 4 saturated heterocycles. The number of halogens is 8. The van der Waals surface area contributed by atoms with E-state index in [4.69, 9.17) is 9.47 Å². The van der Waals surface area contributed by atoms with E-state index in [1.807, 2.05) is 91.5 Å². The van der Waals surface area contributed by atoms with Gasteiger partial charge in [0.15, 0.2) is 92.3 Å². The third kappa shape index (κ3) is 14.6. The number of fused-ring (bicyclic) bond motifs is 16. The first-order chi connectivity index (χ1) is 64.8. The van der Waals surface area contributed by atoms with Gasteiger partial charge in [0, 0.05) is 119 Å². The first kappa shape index (κ1) is 88.2. The zero-order valence-electron chi connectivity index (χ0n) is 70.2. The van der Waals surface area contributed by atoms with Crippen LogP contribution in [0.1, 0.15) is 160 Å². The van der Waals surface area contributed by atoms with Crippen LogP contribution >= 0.6 is 69.7 Å². The molecule has 4 N–H and O–H groups in total. The van der Waals surface area contributed by atoms with Crippen molar-refractivity contribution in [2.75, 3.05) is 72.6 Å². The zero-order valence-corrected chi connectivity index (χ0v) is 75.1. The number of carbonyl (C=O) groups is 4. The number of hydrogen-bond acceptors (Lipinski definition) is 24. The largest absolute Gasteiger partial charge is 0.502 e. The average molecular weight is 1940 g/mol. The van der Waals surface area contributed by atoms with Gasteiger partial charge >= 0.3 is 0 Å². The van der Waals surface area contributed by atoms with Crippen LogP contribution in [-0.2, 0) is 33.8 Å². The highest BCUT2D eigenvalue weighted by Gasteiger charge is 2.52. The molecular weight excluding hydrogens is 1870 g/mol. The predicted octanol–water partition coefficient (Wildman–Crippen LogP) is 14.4. The lowest BCUT2D eigenvalue weighted by molar-refractivity contribution is -0.0212. The summed E-state index contributed by atoms with van der Waals surface area (Å²) in [6.07, 6.45) is 9.55. The quantitative estimate of drug-likeness (QED) is 0.119. The predicted molar refractivity (Wildman–Crippen MR) is 482 cm³/mol. The van der Waals surface area contributed by atoms with Crippen LogP contribution in [-0.4, -0.2) is 160 Å². The molecule has 0 saturated carbocycles. The van der Waals surface area contributed by atoms with Crippen molar-refractivity contribution in [3.8, 4) is 23.0 Å². The minimum Gasteiger partial charge on any atom is -0.502 e. The zero-order chi connectivity index (χ0) is 92.8. The van der Waals surface area contributed by atoms with Crippen LogP contribution in [0.15, 0.2) is 216 Å². The molecule has 0 spiro atoms. The Bertz CT molecular complexity index is 6750. The van der Waals surface area contributed by atoms with Gasteiger partial charge in [-0.1, -0.05) is 84.2 Å². The number of nitrogens with zero attached hydrogens (tertiary/aromatic N) is 12. The summed E-state index contributed by atoms with van der Waals surface area (Å²) in [7, 11) is 0. The molecule has 6 aromatic carbocycles. The number of carbonyl (C=O) groups excluding carboxylic acids is 4. The summed E-state index contributed by atoms with van der Waals surface area (Å²) in [6.45, 7) is 2.67. The lowest BCUT2D eigenvalue weighted by Gasteiger charge is -2.51. The molecule has 0 bridgehead atoms. The van der Waals surface area contributed by atoms with Crippen LogP contribution in [0.5, 0.6) is 23.0 Å². The maximum absolute atomic E-state index is 15.0. The van der Waals surface area contributed by atoms with Gasteiger partial charge in [-0.05, 0) is 144 Å². The molecule has 0 aliphatic carbocycles. The highest BCUT2D eigenvalue weighted by atomic mass is 32.2. The smallest absolute Gasteiger partial charge is 0.278 e. The molecule has 12 aliphatic heterocycles. The van der Waals surface area contributed by atoms with Crippen LogP contribution < -0.4 is 41.8 Å². The van der Waals surface area contributed by atoms with Crippen molar-refractivity contribution >= 4 is 93.3 Å². The summed E-state index contributed by atoms with van der Waals surface area (Å²) in [5.74, 6) is -10.7. The van der Waals surface area contributed by atoms with Gasteiger partial charge in [0.05, 0.1) is 56.7 Å². The molecule has 8 atom stereocenters. The molecule has 6 aromatic heterocycles. The first-order valence-corrected chi connectivity index (χ1v) is 48.3. The number of thioether (sulfide) groups is 2. The fourth-order valence-electron chi connectivity index (χ4n) is 20.2. The Morgan fingerprint density at radius 1 is 0.343 bits per heavy atom. The van der Waals surface area contributed by atoms with E-state index in [1.54, 1.807) is 53.2 Å². The monoisotopic (exact) mass is 1940 g/mol. The van der Waals surface area contributed by atoms with Gasteiger partial charge in [-0.25, -0.2) is 35.1 Å². The molecule has 24 rings (SSSR count). The van der Waals surface area contributed by atoms with Gasteiger partial charge in [-0.2, -0.15) is 0 Å². The molecule has 12 aromatic rings. The highest BCUT2D eigenvalue weighted by molar-refractivity contribution is 8.01. The molecule has 4 amide bonds. The van der Waals surface area contributed by atoms with Crippen LogP contribution in [0.4, 0.5) is 35.1 Å². The van der Waals surface area contributed by atoms with Crippen LogP contribution in [0.2, 0.25) is 0 Å². The van der Waals surface area contributed by atoms with E-state index in [2.05, 4.69) is 0 Å². The summed E-state index contributed by atoms with van der Waals surface area (Å²) in [5.41, 5.74) is 3.62. The first-order valence-electron chi connectivity index (χ1n) is 43.0. The fourth-order valence-corrected chi connectivity index (χ4v) is 26.9. The Hall–Kier alpha value is -12.4. The Morgan fingerprint density at radius 3 is 1.07 bits per heavy atom. The minimum absolute atomic E-state index is 0.0986. The van der Waals surface area contributed by atoms with E-state index in [0.717, 1.165) is 90.4 Å². The third-order valence-corrected chi connectivity index (χ3v) is 33.4. The summed E-state index contributed by atoms with van der Waals surface area (Å²) in [5, 5.41) is 53.9. The summed E-state index contributed by atoms with van der Waals surface area (Å²) in [6, 6.07) is 32.7. The van der Waals surface area contributed by atoms with Crippen molar-refractivity contribution in [2.45, 2.75) is 140 Å². The normalized spacial score (nSPS) is 21.5. The Labute approximate surface area is 780 Å². The topological polar surface area (TPSA) is 282 Å². The molecule has 688 valence electrons. The van der Waals surface area contributed by atoms with Crippen LogP contribution in [0, 0.1) is 46.5 Å². The molecule has 4 unspecified atom stereocenters. The lowest BCUT2D eigenvalue weighted by atomic mass is 9.93. The Morgan fingerprint density at radius 2 is 0.687 bits per heavy atom. The number of thiophene rings is 2. The molecular formula is C94H76F8N12O14S6. The number of aromatic hydroxyl groups is 4. The molecule has 134 heavy (non-hydrogen) atoms. The molecule has 4 fully saturated rings. The van der Waals surface area contributed by atoms with Crippen molar-refractivity contribution in [1.82, 2.24) is 38.3 Å². The third-order valence-electron chi connectivity index (χ3n) is 26.3. The fraction of sp³-hybridized carbons (Fsp3) is 0.277. The van der Waals surface area contributed by atoms with Gasteiger partial charge in [0.25, 0.3) is 23.6 Å². The molecule has 40 heteroatoms. The van der Waals surface area contributed by atoms with Gasteiger partial charge in [0.2, 0.25) is 21.7 Å². The number of rotatable bonds is 4. The summed E-state index contributed by atoms with van der Waals surface area (Å²) >= 11 is 8.33. The molecule has 12 aliphatic rings. The van der Waals surface area contributed by atoms with Crippen molar-refractivity contribution in [2.24, 2.45) is 0 Å². The minimum atomic E-state index is -0.912. The van der Waals surface area contributed by atoms with Gasteiger partial charge in [0.1, 0.15) is 36.7 Å². The van der Waals surface area contributed by atoms with Gasteiger partial charge in [-0.3, -0.25) is 77.1 Å². The van der Waals surface area contributed by atoms with Crippen LogP contribution in [0.25, 0.3) is 0 Å². The van der Waals surface area contributed by atoms with Crippen molar-refractivity contribution in [3.63, 3.8) is 0 Å². The highest BCUT2D eigenvalue weighted by Crippen LogP contribution is 2.53. The second kappa shape index (κ2) is 35.1. The summed E-state index contributed by atoms with van der Waals surface area (Å²) < 4.78 is 136. The van der Waals surface area contributed by atoms with E-state index in [9.17, 15) is 93.9 Å². The number of ether oxygens (including phenoxy) is 2. The number of aromatic nitrogens is 4. The Kier molecular flexibility index (Phi) is 23.1. The maximum Gasteiger partial charge on any atom is 0.278 e. The second-order valence-electron chi connectivity index (χ2n) is 33.5. The van der Waals surface area contributed by atoms with E-state index in [-0.39, 0.29) is 69.6 Å². The van der Waals surface area contributed by atoms with E-state index >= 15 is 0 Å². The lowest BCUT2D eigenvalue weighted by Crippen LogP contribution is -2.66. The van der Waals surface area contributed by atoms with Crippen LogP contribution in [0.3, 0.4) is 0 Å². The maximum atomic E-state index is 15.0. The number of piperidine rings is 2. The van der Waals surface area contributed by atoms with Crippen molar-refractivity contribution < 1.29 is 84.2 Å². The number of hydrogen-bond donors (Lipinski definition) is 4. The van der Waals surface area contributed by atoms with E-state index in [0.29, 0.717) is 98.5 Å².